The Hall–Kier alpha value is -6.30. The van der Waals surface area contributed by atoms with E-state index in [1.807, 2.05) is 0 Å². The SMILES string of the molecule is C[C@@H]1C(O)O[C@@H](CO)[C@H](NC(=O)C(CCCCNC(=O)CN2CCN(CC(=O)O)CCN(CC(=O)O)CCN(CC(=O)O)CC2)NC(=O)CCC(=O)NCc2cc(C(=O)NCC(=O)N3CC(F)(F)C[C@H]3C#N)c(Cl)cn2)[C@H]1O. The third kappa shape index (κ3) is 21.5. The molecule has 3 aliphatic rings. The molecule has 434 valence electrons. The van der Waals surface area contributed by atoms with E-state index >= 15 is 0 Å². The molecule has 0 spiro atoms. The van der Waals surface area contributed by atoms with Gasteiger partial charge in [-0.1, -0.05) is 18.5 Å². The van der Waals surface area contributed by atoms with E-state index < -0.39 is 141 Å². The lowest BCUT2D eigenvalue weighted by Crippen LogP contribution is -2.63. The van der Waals surface area contributed by atoms with Gasteiger partial charge in [0.1, 0.15) is 18.2 Å². The van der Waals surface area contributed by atoms with Gasteiger partial charge in [0, 0.05) is 90.3 Å². The minimum Gasteiger partial charge on any atom is -0.480 e. The number of nitrogens with zero attached hydrogens (tertiary/aromatic N) is 7. The van der Waals surface area contributed by atoms with Crippen LogP contribution in [-0.2, 0) is 49.6 Å². The van der Waals surface area contributed by atoms with Crippen LogP contribution in [0.1, 0.15) is 61.5 Å². The number of pyridine rings is 1. The van der Waals surface area contributed by atoms with Gasteiger partial charge in [0.05, 0.1) is 86.9 Å². The molecule has 3 aliphatic heterocycles. The van der Waals surface area contributed by atoms with Crippen molar-refractivity contribution in [3.8, 4) is 6.07 Å². The number of aliphatic hydroxyl groups is 3. The number of halogens is 3. The number of ether oxygens (including phenoxy) is 1. The molecule has 28 nitrogen and oxygen atoms in total. The Bertz CT molecular complexity index is 2290. The van der Waals surface area contributed by atoms with Gasteiger partial charge in [0.15, 0.2) is 6.29 Å². The largest absolute Gasteiger partial charge is 0.480 e. The topological polar surface area (TPSA) is 397 Å². The molecular formula is C47H69ClF2N12O16. The van der Waals surface area contributed by atoms with Crippen molar-refractivity contribution in [1.29, 1.82) is 5.26 Å². The molecule has 3 saturated heterocycles. The molecule has 0 radical (unpaired) electrons. The number of likely N-dealkylation sites (tertiary alicyclic amines) is 1. The molecule has 0 aliphatic carbocycles. The summed E-state index contributed by atoms with van der Waals surface area (Å²) < 4.78 is 33.0. The van der Waals surface area contributed by atoms with Crippen molar-refractivity contribution >= 4 is 65.0 Å². The number of aliphatic carboxylic acids is 3. The minimum absolute atomic E-state index is 0.0268. The molecule has 4 heterocycles. The van der Waals surface area contributed by atoms with Gasteiger partial charge in [-0.15, -0.1) is 0 Å². The normalized spacial score (nSPS) is 23.1. The zero-order valence-electron chi connectivity index (χ0n) is 43.0. The maximum absolute atomic E-state index is 13.8. The fraction of sp³-hybridized carbons (Fsp3) is 0.681. The first-order valence-electron chi connectivity index (χ1n) is 25.2. The summed E-state index contributed by atoms with van der Waals surface area (Å²) in [5, 5.41) is 81.3. The predicted molar refractivity (Wildman–Crippen MR) is 266 cm³/mol. The number of aromatic nitrogens is 1. The number of hydrogen-bond acceptors (Lipinski definition) is 19. The summed E-state index contributed by atoms with van der Waals surface area (Å²) in [6.07, 6.45) is -4.14. The first-order chi connectivity index (χ1) is 36.9. The first kappa shape index (κ1) is 64.2. The molecule has 1 aromatic heterocycles. The Morgan fingerprint density at radius 1 is 0.821 bits per heavy atom. The molecule has 11 N–H and O–H groups in total. The van der Waals surface area contributed by atoms with E-state index in [1.54, 1.807) is 25.7 Å². The van der Waals surface area contributed by atoms with Crippen LogP contribution in [-0.4, -0.2) is 261 Å². The number of aliphatic hydroxyl groups excluding tert-OH is 3. The third-order valence-corrected chi connectivity index (χ3v) is 13.5. The van der Waals surface area contributed by atoms with Crippen LogP contribution < -0.4 is 26.6 Å². The zero-order valence-corrected chi connectivity index (χ0v) is 43.7. The second-order valence-corrected chi connectivity index (χ2v) is 19.6. The quantitative estimate of drug-likeness (QED) is 0.0416. The highest BCUT2D eigenvalue weighted by Crippen LogP contribution is 2.31. The smallest absolute Gasteiger partial charge is 0.317 e. The van der Waals surface area contributed by atoms with E-state index in [0.717, 1.165) is 6.20 Å². The van der Waals surface area contributed by atoms with Crippen molar-refractivity contribution in [2.45, 2.75) is 94.5 Å². The number of alkyl halides is 2. The second kappa shape index (κ2) is 31.3. The lowest BCUT2D eigenvalue weighted by molar-refractivity contribution is -0.238. The maximum atomic E-state index is 13.8. The fourth-order valence-electron chi connectivity index (χ4n) is 8.79. The highest BCUT2D eigenvalue weighted by Gasteiger charge is 2.47. The molecule has 3 fully saturated rings. The molecule has 0 bridgehead atoms. The van der Waals surface area contributed by atoms with Gasteiger partial charge in [0.25, 0.3) is 11.8 Å². The number of hydrogen-bond donors (Lipinski definition) is 11. The second-order valence-electron chi connectivity index (χ2n) is 19.2. The van der Waals surface area contributed by atoms with Crippen molar-refractivity contribution in [2.24, 2.45) is 5.92 Å². The molecule has 2 unspecified atom stereocenters. The summed E-state index contributed by atoms with van der Waals surface area (Å²) in [5.41, 5.74) is -0.0456. The number of unbranched alkanes of at least 4 members (excludes halogenated alkanes) is 1. The number of rotatable bonds is 25. The Kier molecular flexibility index (Phi) is 25.8. The van der Waals surface area contributed by atoms with Crippen molar-refractivity contribution < 1.29 is 87.3 Å². The maximum Gasteiger partial charge on any atom is 0.317 e. The Morgan fingerprint density at radius 2 is 1.37 bits per heavy atom. The van der Waals surface area contributed by atoms with Crippen LogP contribution in [0.4, 0.5) is 8.78 Å². The van der Waals surface area contributed by atoms with E-state index in [4.69, 9.17) is 16.3 Å². The highest BCUT2D eigenvalue weighted by molar-refractivity contribution is 6.33. The van der Waals surface area contributed by atoms with Crippen LogP contribution in [0.3, 0.4) is 0 Å². The van der Waals surface area contributed by atoms with E-state index in [1.165, 1.54) is 13.0 Å². The van der Waals surface area contributed by atoms with Gasteiger partial charge < -0.3 is 66.9 Å². The predicted octanol–water partition coefficient (Wildman–Crippen LogP) is -3.94. The number of carboxylic acids is 3. The van der Waals surface area contributed by atoms with Gasteiger partial charge in [-0.3, -0.25) is 67.7 Å². The summed E-state index contributed by atoms with van der Waals surface area (Å²) in [6, 6.07) is -1.01. The number of carbonyl (C=O) groups is 9. The zero-order chi connectivity index (χ0) is 57.7. The lowest BCUT2D eigenvalue weighted by Gasteiger charge is -2.42. The van der Waals surface area contributed by atoms with Gasteiger partial charge in [-0.2, -0.15) is 5.26 Å². The van der Waals surface area contributed by atoms with Gasteiger partial charge in [0.2, 0.25) is 29.5 Å². The van der Waals surface area contributed by atoms with E-state index in [9.17, 15) is 87.8 Å². The average molecular weight is 1130 g/mol. The van der Waals surface area contributed by atoms with Crippen LogP contribution >= 0.6 is 11.6 Å². The van der Waals surface area contributed by atoms with Crippen molar-refractivity contribution in [2.75, 3.05) is 105 Å². The molecule has 4 rings (SSSR count). The lowest BCUT2D eigenvalue weighted by atomic mass is 9.90. The summed E-state index contributed by atoms with van der Waals surface area (Å²) in [5.74, 6) is -11.8. The van der Waals surface area contributed by atoms with Crippen LogP contribution in [0.15, 0.2) is 12.3 Å². The summed E-state index contributed by atoms with van der Waals surface area (Å²) in [6.45, 7) is -0.637. The van der Waals surface area contributed by atoms with Gasteiger partial charge in [-0.25, -0.2) is 8.78 Å². The molecule has 7 atom stereocenters. The van der Waals surface area contributed by atoms with E-state index in [2.05, 4.69) is 31.6 Å². The third-order valence-electron chi connectivity index (χ3n) is 13.2. The van der Waals surface area contributed by atoms with E-state index in [-0.39, 0.29) is 127 Å². The molecule has 1 aromatic rings. The Morgan fingerprint density at radius 3 is 1.91 bits per heavy atom. The van der Waals surface area contributed by atoms with Gasteiger partial charge >= 0.3 is 17.9 Å². The van der Waals surface area contributed by atoms with Crippen LogP contribution in [0.5, 0.6) is 0 Å². The number of carboxylic acid groups (broad SMARTS) is 3. The fourth-order valence-corrected chi connectivity index (χ4v) is 8.98. The monoisotopic (exact) mass is 1130 g/mol. The van der Waals surface area contributed by atoms with Crippen LogP contribution in [0.2, 0.25) is 5.02 Å². The van der Waals surface area contributed by atoms with Crippen molar-refractivity contribution in [3.05, 3.63) is 28.5 Å². The van der Waals surface area contributed by atoms with E-state index in [0.29, 0.717) is 4.90 Å². The Labute approximate surface area is 452 Å². The number of carbonyl (C=O) groups excluding carboxylic acids is 6. The molecule has 6 amide bonds. The van der Waals surface area contributed by atoms with Gasteiger partial charge in [-0.05, 0) is 25.3 Å². The molecule has 78 heavy (non-hydrogen) atoms. The summed E-state index contributed by atoms with van der Waals surface area (Å²) in [7, 11) is 0. The Balaban J connectivity index is 1.33. The molecule has 0 saturated carbocycles. The minimum atomic E-state index is -3.26. The number of nitrogens with one attached hydrogen (secondary N) is 5. The molecule has 31 heteroatoms. The highest BCUT2D eigenvalue weighted by atomic mass is 35.5. The number of nitriles is 1. The van der Waals surface area contributed by atoms with Crippen LogP contribution in [0, 0.1) is 17.2 Å². The van der Waals surface area contributed by atoms with Crippen LogP contribution in [0.25, 0.3) is 0 Å². The summed E-state index contributed by atoms with van der Waals surface area (Å²) in [4.78, 5) is 125. The number of amides is 6. The van der Waals surface area contributed by atoms with Crippen molar-refractivity contribution in [1.82, 2.24) is 56.1 Å². The summed E-state index contributed by atoms with van der Waals surface area (Å²) >= 11 is 6.15. The average Bonchev–Trinajstić information content (AvgIpc) is 3.73. The molecule has 0 aromatic carbocycles. The standard InChI is InChI=1S/C47H69ClF2N12O16/c1-28-43(74)42(34(26-63)78-46(28)77)57-45(76)33(4-2-3-7-52-37(66)22-58-8-10-59(23-39(68)69)12-14-61(25-41(72)73)15-13-60(11-9-58)24-40(70)71)56-36(65)6-5-35(64)54-19-29-16-31(32(48)20-53-29)44(75)55-21-38(67)62-27-47(49,50)17-30(62)18-51/h16,20,28,30,33-34,42-43,46,63,74,77H,2-15,17,19,21-27H2,1H3,(H,52,66)(H,54,64)(H,55,75)(H,56,65)(H,57,76)(H,68,69)(H,70,71)(H,72,73)/t28-,30-,33?,34-,42-,43-,46?/m0/s1. The first-order valence-corrected chi connectivity index (χ1v) is 25.6. The van der Waals surface area contributed by atoms with Crippen molar-refractivity contribution in [3.63, 3.8) is 0 Å². The molecular weight excluding hydrogens is 1060 g/mol.